The fourth-order valence-electron chi connectivity index (χ4n) is 1.40. The molecule has 2 nitrogen and oxygen atoms in total. The molecule has 0 aliphatic carbocycles. The fraction of sp³-hybridized carbons (Fsp3) is 0.571. The van der Waals surface area contributed by atoms with Crippen LogP contribution in [0.25, 0.3) is 0 Å². The number of fused-ring (bicyclic) bond motifs is 1. The van der Waals surface area contributed by atoms with Crippen LogP contribution >= 0.6 is 0 Å². The van der Waals surface area contributed by atoms with E-state index in [9.17, 15) is 0 Å². The molecule has 48 valence electrons. The Kier molecular flexibility index (Phi) is 0.891. The van der Waals surface area contributed by atoms with E-state index in [2.05, 4.69) is 22.7 Å². The van der Waals surface area contributed by atoms with Crippen molar-refractivity contribution < 1.29 is 0 Å². The molecule has 0 radical (unpaired) electrons. The number of hydrogen-bond acceptors (Lipinski definition) is 1. The Labute approximate surface area is 54.5 Å². The van der Waals surface area contributed by atoms with Gasteiger partial charge >= 0.3 is 0 Å². The van der Waals surface area contributed by atoms with E-state index >= 15 is 0 Å². The van der Waals surface area contributed by atoms with Crippen LogP contribution in [0, 0.1) is 0 Å². The van der Waals surface area contributed by atoms with Crippen molar-refractivity contribution in [1.82, 2.24) is 9.55 Å². The number of aryl methyl sites for hydroxylation is 1. The summed E-state index contributed by atoms with van der Waals surface area (Å²) in [7, 11) is 0. The molecule has 1 aliphatic rings. The van der Waals surface area contributed by atoms with E-state index in [0.717, 1.165) is 6.54 Å². The Morgan fingerprint density at radius 2 is 2.67 bits per heavy atom. The zero-order valence-electron chi connectivity index (χ0n) is 5.54. The van der Waals surface area contributed by atoms with Crippen LogP contribution in [0.2, 0.25) is 0 Å². The predicted octanol–water partition coefficient (Wildman–Crippen LogP) is 1.39. The average molecular weight is 122 g/mol. The second-order valence-electron chi connectivity index (χ2n) is 2.67. The van der Waals surface area contributed by atoms with Crippen molar-refractivity contribution >= 4 is 0 Å². The maximum atomic E-state index is 4.24. The van der Waals surface area contributed by atoms with Gasteiger partial charge in [-0.25, -0.2) is 4.98 Å². The minimum Gasteiger partial charge on any atom is -0.335 e. The van der Waals surface area contributed by atoms with Gasteiger partial charge in [0.15, 0.2) is 0 Å². The lowest BCUT2D eigenvalue weighted by molar-refractivity contribution is 0.700. The topological polar surface area (TPSA) is 17.8 Å². The van der Waals surface area contributed by atoms with Gasteiger partial charge in [0.25, 0.3) is 0 Å². The standard InChI is InChI=1S/C7H10N2/c1-6-2-4-9-5-3-8-7(6)9/h3,5-6H,2,4H2,1H3/t6-/m0/s1. The smallest absolute Gasteiger partial charge is 0.111 e. The van der Waals surface area contributed by atoms with Gasteiger partial charge < -0.3 is 4.57 Å². The molecule has 1 aliphatic heterocycles. The van der Waals surface area contributed by atoms with Crippen molar-refractivity contribution in [2.24, 2.45) is 0 Å². The van der Waals surface area contributed by atoms with Crippen LogP contribution in [0.1, 0.15) is 25.1 Å². The van der Waals surface area contributed by atoms with Crippen molar-refractivity contribution in [3.8, 4) is 0 Å². The molecule has 0 bridgehead atoms. The highest BCUT2D eigenvalue weighted by Gasteiger charge is 2.17. The van der Waals surface area contributed by atoms with Gasteiger partial charge in [-0.1, -0.05) is 6.92 Å². The van der Waals surface area contributed by atoms with Crippen molar-refractivity contribution in [2.75, 3.05) is 0 Å². The molecular weight excluding hydrogens is 112 g/mol. The zero-order chi connectivity index (χ0) is 6.27. The largest absolute Gasteiger partial charge is 0.335 e. The Hall–Kier alpha value is -0.790. The minimum atomic E-state index is 0.681. The summed E-state index contributed by atoms with van der Waals surface area (Å²) < 4.78 is 2.23. The molecule has 0 fully saturated rings. The number of imidazole rings is 1. The SMILES string of the molecule is C[C@H]1CCn2ccnc21. The van der Waals surface area contributed by atoms with Crippen LogP contribution in [0.15, 0.2) is 12.4 Å². The van der Waals surface area contributed by atoms with Crippen molar-refractivity contribution in [3.63, 3.8) is 0 Å². The second-order valence-corrected chi connectivity index (χ2v) is 2.67. The van der Waals surface area contributed by atoms with Crippen LogP contribution in [0.5, 0.6) is 0 Å². The van der Waals surface area contributed by atoms with E-state index in [4.69, 9.17) is 0 Å². The van der Waals surface area contributed by atoms with Gasteiger partial charge in [-0.3, -0.25) is 0 Å². The molecule has 1 atom stereocenters. The lowest BCUT2D eigenvalue weighted by atomic mass is 10.1. The predicted molar refractivity (Wildman–Crippen MR) is 35.3 cm³/mol. The molecule has 0 saturated carbocycles. The number of rotatable bonds is 0. The molecule has 0 N–H and O–H groups in total. The summed E-state index contributed by atoms with van der Waals surface area (Å²) in [6.07, 6.45) is 5.20. The summed E-state index contributed by atoms with van der Waals surface area (Å²) in [4.78, 5) is 4.24. The third-order valence-corrected chi connectivity index (χ3v) is 1.99. The number of nitrogens with zero attached hydrogens (tertiary/aromatic N) is 2. The van der Waals surface area contributed by atoms with Gasteiger partial charge in [0, 0.05) is 24.9 Å². The zero-order valence-corrected chi connectivity index (χ0v) is 5.54. The highest BCUT2D eigenvalue weighted by molar-refractivity contribution is 5.03. The van der Waals surface area contributed by atoms with Crippen LogP contribution in [0.4, 0.5) is 0 Å². The van der Waals surface area contributed by atoms with E-state index in [1.807, 2.05) is 6.20 Å². The first kappa shape index (κ1) is 5.03. The number of aromatic nitrogens is 2. The Bertz CT molecular complexity index is 214. The van der Waals surface area contributed by atoms with Crippen LogP contribution < -0.4 is 0 Å². The summed E-state index contributed by atoms with van der Waals surface area (Å²) in [5.41, 5.74) is 0. The fourth-order valence-corrected chi connectivity index (χ4v) is 1.40. The highest BCUT2D eigenvalue weighted by atomic mass is 15.1. The maximum Gasteiger partial charge on any atom is 0.111 e. The summed E-state index contributed by atoms with van der Waals surface area (Å²) in [6, 6.07) is 0. The van der Waals surface area contributed by atoms with E-state index < -0.39 is 0 Å². The Morgan fingerprint density at radius 3 is 3.44 bits per heavy atom. The van der Waals surface area contributed by atoms with E-state index in [1.165, 1.54) is 12.2 Å². The van der Waals surface area contributed by atoms with Crippen LogP contribution in [0.3, 0.4) is 0 Å². The van der Waals surface area contributed by atoms with Crippen molar-refractivity contribution in [3.05, 3.63) is 18.2 Å². The Morgan fingerprint density at radius 1 is 1.78 bits per heavy atom. The first-order valence-corrected chi connectivity index (χ1v) is 3.39. The molecule has 1 aromatic heterocycles. The monoisotopic (exact) mass is 122 g/mol. The summed E-state index contributed by atoms with van der Waals surface area (Å²) in [5.74, 6) is 1.94. The van der Waals surface area contributed by atoms with Gasteiger partial charge in [-0.05, 0) is 6.42 Å². The molecule has 0 unspecified atom stereocenters. The van der Waals surface area contributed by atoms with E-state index in [-0.39, 0.29) is 0 Å². The third-order valence-electron chi connectivity index (χ3n) is 1.99. The molecule has 1 aromatic rings. The van der Waals surface area contributed by atoms with Gasteiger partial charge in [0.05, 0.1) is 0 Å². The molecule has 9 heavy (non-hydrogen) atoms. The quantitative estimate of drug-likeness (QED) is 0.508. The lowest BCUT2D eigenvalue weighted by Gasteiger charge is -1.94. The van der Waals surface area contributed by atoms with Gasteiger partial charge in [-0.15, -0.1) is 0 Å². The molecule has 0 spiro atoms. The van der Waals surface area contributed by atoms with Gasteiger partial charge in [0.1, 0.15) is 5.82 Å². The van der Waals surface area contributed by atoms with Gasteiger partial charge in [-0.2, -0.15) is 0 Å². The molecular formula is C7H10N2. The second kappa shape index (κ2) is 1.59. The van der Waals surface area contributed by atoms with E-state index in [0.29, 0.717) is 5.92 Å². The first-order valence-electron chi connectivity index (χ1n) is 3.39. The molecule has 2 heterocycles. The third kappa shape index (κ3) is 0.590. The maximum absolute atomic E-state index is 4.24. The molecule has 0 amide bonds. The average Bonchev–Trinajstić information content (AvgIpc) is 2.35. The van der Waals surface area contributed by atoms with E-state index in [1.54, 1.807) is 0 Å². The summed E-state index contributed by atoms with van der Waals surface area (Å²) in [6.45, 7) is 3.39. The van der Waals surface area contributed by atoms with Crippen molar-refractivity contribution in [1.29, 1.82) is 0 Å². The molecule has 0 saturated heterocycles. The Balaban J connectivity index is 2.49. The van der Waals surface area contributed by atoms with Crippen LogP contribution in [-0.4, -0.2) is 9.55 Å². The molecule has 2 rings (SSSR count). The lowest BCUT2D eigenvalue weighted by Crippen LogP contribution is -1.89. The normalized spacial score (nSPS) is 24.3. The van der Waals surface area contributed by atoms with Crippen LogP contribution in [-0.2, 0) is 6.54 Å². The van der Waals surface area contributed by atoms with Crippen molar-refractivity contribution in [2.45, 2.75) is 25.8 Å². The minimum absolute atomic E-state index is 0.681. The summed E-state index contributed by atoms with van der Waals surface area (Å²) >= 11 is 0. The first-order chi connectivity index (χ1) is 4.38. The molecule has 0 aromatic carbocycles. The summed E-state index contributed by atoms with van der Waals surface area (Å²) in [5, 5.41) is 0. The highest BCUT2D eigenvalue weighted by Crippen LogP contribution is 2.24. The molecule has 2 heteroatoms. The van der Waals surface area contributed by atoms with Gasteiger partial charge in [0.2, 0.25) is 0 Å². The number of hydrogen-bond donors (Lipinski definition) is 0.